The van der Waals surface area contributed by atoms with E-state index in [1.807, 2.05) is 6.07 Å². The molecular formula is C23H20N4O5S. The maximum absolute atomic E-state index is 13.3. The molecule has 1 amide bonds. The molecule has 0 aliphatic carbocycles. The van der Waals surface area contributed by atoms with Gasteiger partial charge in [-0.25, -0.2) is 13.9 Å². The van der Waals surface area contributed by atoms with Gasteiger partial charge in [0, 0.05) is 24.0 Å². The van der Waals surface area contributed by atoms with Gasteiger partial charge in [-0.05, 0) is 53.6 Å². The highest BCUT2D eigenvalue weighted by Gasteiger charge is 2.25. The van der Waals surface area contributed by atoms with Crippen molar-refractivity contribution in [3.05, 3.63) is 90.3 Å². The van der Waals surface area contributed by atoms with E-state index in [0.29, 0.717) is 22.4 Å². The number of aromatic nitrogens is 1. The van der Waals surface area contributed by atoms with E-state index < -0.39 is 22.5 Å². The van der Waals surface area contributed by atoms with Gasteiger partial charge in [0.25, 0.3) is 15.9 Å². The van der Waals surface area contributed by atoms with E-state index >= 15 is 0 Å². The second kappa shape index (κ2) is 10.4. The Hall–Kier alpha value is -4.20. The number of carbonyl (C=O) groups excluding carboxylic acids is 1. The number of nitrogens with zero attached hydrogens (tertiary/aromatic N) is 3. The molecule has 168 valence electrons. The first-order chi connectivity index (χ1) is 15.9. The molecule has 1 heterocycles. The van der Waals surface area contributed by atoms with Gasteiger partial charge >= 0.3 is 0 Å². The molecule has 3 rings (SSSR count). The molecule has 33 heavy (non-hydrogen) atoms. The van der Waals surface area contributed by atoms with E-state index in [4.69, 9.17) is 9.94 Å². The number of methoxy groups -OCH3 is 1. The number of amides is 1. The van der Waals surface area contributed by atoms with Crippen molar-refractivity contribution in [3.63, 3.8) is 0 Å². The van der Waals surface area contributed by atoms with E-state index in [-0.39, 0.29) is 10.6 Å². The van der Waals surface area contributed by atoms with Crippen molar-refractivity contribution in [2.45, 2.75) is 4.90 Å². The Morgan fingerprint density at radius 2 is 1.91 bits per heavy atom. The van der Waals surface area contributed by atoms with Crippen LogP contribution in [0.25, 0.3) is 5.57 Å². The third-order valence-electron chi connectivity index (χ3n) is 4.67. The first-order valence-corrected chi connectivity index (χ1v) is 11.0. The lowest BCUT2D eigenvalue weighted by Gasteiger charge is -2.23. The van der Waals surface area contributed by atoms with Crippen molar-refractivity contribution in [1.29, 1.82) is 5.26 Å². The van der Waals surface area contributed by atoms with Crippen LogP contribution in [0.2, 0.25) is 0 Å². The molecule has 2 N–H and O–H groups in total. The number of pyridine rings is 1. The summed E-state index contributed by atoms with van der Waals surface area (Å²) in [6.07, 6.45) is 4.27. The van der Waals surface area contributed by atoms with Crippen molar-refractivity contribution < 1.29 is 23.2 Å². The van der Waals surface area contributed by atoms with Gasteiger partial charge in [-0.1, -0.05) is 18.2 Å². The number of ether oxygens (including phenoxy) is 1. The third-order valence-corrected chi connectivity index (χ3v) is 6.45. The van der Waals surface area contributed by atoms with E-state index in [2.05, 4.69) is 4.98 Å². The van der Waals surface area contributed by atoms with Gasteiger partial charge in [-0.3, -0.25) is 19.3 Å². The van der Waals surface area contributed by atoms with Gasteiger partial charge in [-0.2, -0.15) is 5.26 Å². The van der Waals surface area contributed by atoms with E-state index in [9.17, 15) is 18.5 Å². The number of hydrogen-bond acceptors (Lipinski definition) is 7. The fourth-order valence-electron chi connectivity index (χ4n) is 3.10. The lowest BCUT2D eigenvalue weighted by molar-refractivity contribution is -0.124. The Kier molecular flexibility index (Phi) is 7.40. The summed E-state index contributed by atoms with van der Waals surface area (Å²) in [6, 6.07) is 17.5. The molecule has 0 saturated carbocycles. The number of nitrogens with one attached hydrogen (secondary N) is 1. The van der Waals surface area contributed by atoms with E-state index in [1.165, 1.54) is 43.6 Å². The summed E-state index contributed by atoms with van der Waals surface area (Å²) >= 11 is 0. The SMILES string of the molecule is COc1ccc(S(=O)(=O)N(CC#N)c2cccc(/C(=C/C(=O)NO)c3cccnc3)c2)cc1. The highest BCUT2D eigenvalue weighted by Crippen LogP contribution is 2.30. The Balaban J connectivity index is 2.10. The van der Waals surface area contributed by atoms with Crippen LogP contribution in [-0.2, 0) is 14.8 Å². The molecule has 3 aromatic rings. The van der Waals surface area contributed by atoms with Crippen LogP contribution in [0.3, 0.4) is 0 Å². The Labute approximate surface area is 191 Å². The molecule has 2 aromatic carbocycles. The average molecular weight is 465 g/mol. The Bertz CT molecular complexity index is 1300. The fraction of sp³-hybridized carbons (Fsp3) is 0.0870. The van der Waals surface area contributed by atoms with Crippen molar-refractivity contribution in [2.75, 3.05) is 18.0 Å². The van der Waals surface area contributed by atoms with Gasteiger partial charge in [0.1, 0.15) is 12.3 Å². The van der Waals surface area contributed by atoms with Crippen LogP contribution >= 0.6 is 0 Å². The maximum Gasteiger partial charge on any atom is 0.267 e. The van der Waals surface area contributed by atoms with Gasteiger partial charge in [0.15, 0.2) is 0 Å². The number of anilines is 1. The van der Waals surface area contributed by atoms with Crippen LogP contribution < -0.4 is 14.5 Å². The van der Waals surface area contributed by atoms with Crippen LogP contribution in [0, 0.1) is 11.3 Å². The van der Waals surface area contributed by atoms with Crippen LogP contribution in [0.4, 0.5) is 5.69 Å². The van der Waals surface area contributed by atoms with Crippen LogP contribution in [0.15, 0.2) is 84.0 Å². The predicted molar refractivity (Wildman–Crippen MR) is 121 cm³/mol. The minimum absolute atomic E-state index is 0.00774. The molecule has 0 aliphatic rings. The Morgan fingerprint density at radius 1 is 1.18 bits per heavy atom. The first-order valence-electron chi connectivity index (χ1n) is 9.61. The topological polar surface area (TPSA) is 133 Å². The predicted octanol–water partition coefficient (Wildman–Crippen LogP) is 2.75. The first kappa shape index (κ1) is 23.5. The monoisotopic (exact) mass is 464 g/mol. The quantitative estimate of drug-likeness (QED) is 0.227. The number of hydroxylamine groups is 1. The van der Waals surface area contributed by atoms with E-state index in [0.717, 1.165) is 4.31 Å². The number of nitriles is 1. The van der Waals surface area contributed by atoms with Crippen molar-refractivity contribution in [2.24, 2.45) is 0 Å². The largest absolute Gasteiger partial charge is 0.497 e. The summed E-state index contributed by atoms with van der Waals surface area (Å²) in [5.74, 6) is -0.268. The summed E-state index contributed by atoms with van der Waals surface area (Å²) < 4.78 is 32.7. The number of benzene rings is 2. The molecule has 10 heteroatoms. The molecule has 0 unspecified atom stereocenters. The molecule has 9 nitrogen and oxygen atoms in total. The molecule has 0 aliphatic heterocycles. The normalized spacial score (nSPS) is 11.4. The second-order valence-electron chi connectivity index (χ2n) is 6.67. The number of hydrogen-bond donors (Lipinski definition) is 2. The zero-order valence-electron chi connectivity index (χ0n) is 17.5. The lowest BCUT2D eigenvalue weighted by atomic mass is 9.98. The Morgan fingerprint density at radius 3 is 2.52 bits per heavy atom. The van der Waals surface area contributed by atoms with Crippen LogP contribution in [0.5, 0.6) is 5.75 Å². The molecule has 0 radical (unpaired) electrons. The summed E-state index contributed by atoms with van der Waals surface area (Å²) in [7, 11) is -2.60. The zero-order chi connectivity index (χ0) is 23.8. The van der Waals surface area contributed by atoms with Gasteiger partial charge in [0.05, 0.1) is 23.8 Å². The highest BCUT2D eigenvalue weighted by molar-refractivity contribution is 7.92. The summed E-state index contributed by atoms with van der Waals surface area (Å²) in [4.78, 5) is 15.9. The summed E-state index contributed by atoms with van der Waals surface area (Å²) in [5.41, 5.74) is 3.23. The fourth-order valence-corrected chi connectivity index (χ4v) is 4.45. The number of sulfonamides is 1. The van der Waals surface area contributed by atoms with Gasteiger partial charge in [0.2, 0.25) is 0 Å². The average Bonchev–Trinajstić information content (AvgIpc) is 2.86. The van der Waals surface area contributed by atoms with Crippen molar-refractivity contribution in [1.82, 2.24) is 10.5 Å². The summed E-state index contributed by atoms with van der Waals surface area (Å²) in [5, 5.41) is 18.3. The minimum atomic E-state index is -4.07. The zero-order valence-corrected chi connectivity index (χ0v) is 18.4. The molecule has 0 fully saturated rings. The third kappa shape index (κ3) is 5.35. The van der Waals surface area contributed by atoms with Crippen LogP contribution in [0.1, 0.15) is 11.1 Å². The van der Waals surface area contributed by atoms with Crippen LogP contribution in [-0.4, -0.2) is 38.2 Å². The maximum atomic E-state index is 13.3. The smallest absolute Gasteiger partial charge is 0.267 e. The molecule has 0 atom stereocenters. The van der Waals surface area contributed by atoms with Gasteiger partial charge < -0.3 is 4.74 Å². The second-order valence-corrected chi connectivity index (χ2v) is 8.53. The molecule has 0 saturated heterocycles. The summed E-state index contributed by atoms with van der Waals surface area (Å²) in [6.45, 7) is -0.430. The molecular weight excluding hydrogens is 444 g/mol. The lowest BCUT2D eigenvalue weighted by Crippen LogP contribution is -2.31. The van der Waals surface area contributed by atoms with Crippen molar-refractivity contribution in [3.8, 4) is 11.8 Å². The number of rotatable bonds is 8. The minimum Gasteiger partial charge on any atom is -0.497 e. The van der Waals surface area contributed by atoms with Crippen molar-refractivity contribution >= 4 is 27.2 Å². The molecule has 1 aromatic heterocycles. The highest BCUT2D eigenvalue weighted by atomic mass is 32.2. The number of carbonyl (C=O) groups is 1. The molecule has 0 bridgehead atoms. The van der Waals surface area contributed by atoms with E-state index in [1.54, 1.807) is 48.1 Å². The van der Waals surface area contributed by atoms with Gasteiger partial charge in [-0.15, -0.1) is 0 Å². The standard InChI is InChI=1S/C23H20N4O5S/c1-32-20-7-9-21(10-8-20)33(30,31)27(13-11-24)19-6-2-4-17(14-19)22(15-23(28)26-29)18-5-3-12-25-16-18/h2-10,12,14-16,29H,13H2,1H3,(H,26,28)/b22-15-. The molecule has 0 spiro atoms.